The number of hydrogen-bond donors (Lipinski definition) is 0. The fourth-order valence-electron chi connectivity index (χ4n) is 3.38. The van der Waals surface area contributed by atoms with Gasteiger partial charge in [0.05, 0.1) is 0 Å². The second-order valence-corrected chi connectivity index (χ2v) is 7.14. The Morgan fingerprint density at radius 2 is 1.67 bits per heavy atom. The van der Waals surface area contributed by atoms with Gasteiger partial charge in [0.25, 0.3) is 0 Å². The molecule has 0 bridgehead atoms. The highest BCUT2D eigenvalue weighted by atomic mass is 19.1. The number of carbonyl (C=O) groups is 1. The van der Waals surface area contributed by atoms with Gasteiger partial charge >= 0.3 is 6.21 Å². The highest BCUT2D eigenvalue weighted by molar-refractivity contribution is 6.26. The first kappa shape index (κ1) is 19.6. The van der Waals surface area contributed by atoms with Gasteiger partial charge in [-0.1, -0.05) is 30.3 Å². The van der Waals surface area contributed by atoms with Crippen molar-refractivity contribution in [3.8, 4) is 28.4 Å². The van der Waals surface area contributed by atoms with Crippen LogP contribution in [0.3, 0.4) is 0 Å². The Hall–Kier alpha value is -3.76. The zero-order chi connectivity index (χ0) is 20.9. The van der Waals surface area contributed by atoms with Crippen molar-refractivity contribution in [3.05, 3.63) is 84.1 Å². The molecule has 0 heterocycles. The Morgan fingerprint density at radius 3 is 2.37 bits per heavy atom. The predicted molar refractivity (Wildman–Crippen MR) is 110 cm³/mol. The molecule has 30 heavy (non-hydrogen) atoms. The first-order valence-corrected chi connectivity index (χ1v) is 9.63. The zero-order valence-electron chi connectivity index (χ0n) is 16.1. The Kier molecular flexibility index (Phi) is 5.68. The maximum atomic E-state index is 14.4. The maximum Gasteiger partial charge on any atom is 0.323 e. The fourth-order valence-corrected chi connectivity index (χ4v) is 3.38. The number of nitrogens with zero attached hydrogens (tertiary/aromatic N) is 2. The molecule has 5 nitrogen and oxygen atoms in total. The van der Waals surface area contributed by atoms with Gasteiger partial charge in [-0.3, -0.25) is 4.79 Å². The van der Waals surface area contributed by atoms with Crippen LogP contribution < -0.4 is 9.47 Å². The molecule has 0 spiro atoms. The van der Waals surface area contributed by atoms with Gasteiger partial charge in [-0.05, 0) is 60.9 Å². The second-order valence-electron chi connectivity index (χ2n) is 7.14. The topological polar surface area (TPSA) is 71.9 Å². The molecular formula is C24H19FN2O3. The van der Waals surface area contributed by atoms with Crippen molar-refractivity contribution in [1.29, 1.82) is 0 Å². The number of halogens is 1. The van der Waals surface area contributed by atoms with Crippen LogP contribution in [0.2, 0.25) is 0 Å². The van der Waals surface area contributed by atoms with E-state index in [4.69, 9.17) is 15.0 Å². The minimum atomic E-state index is -0.338. The van der Waals surface area contributed by atoms with Crippen LogP contribution >= 0.6 is 0 Å². The van der Waals surface area contributed by atoms with E-state index in [9.17, 15) is 9.18 Å². The Balaban J connectivity index is 1.42. The van der Waals surface area contributed by atoms with E-state index in [1.54, 1.807) is 36.4 Å². The van der Waals surface area contributed by atoms with Gasteiger partial charge in [-0.25, -0.2) is 4.39 Å². The van der Waals surface area contributed by atoms with Crippen molar-refractivity contribution < 1.29 is 23.4 Å². The fraction of sp³-hybridized carbons (Fsp3) is 0.167. The lowest BCUT2D eigenvalue weighted by atomic mass is 9.79. The van der Waals surface area contributed by atoms with Gasteiger partial charge in [0.1, 0.15) is 29.2 Å². The Labute approximate surface area is 173 Å². The summed E-state index contributed by atoms with van der Waals surface area (Å²) in [6, 6.07) is 21.1. The van der Waals surface area contributed by atoms with Crippen molar-refractivity contribution in [2.75, 3.05) is 0 Å². The van der Waals surface area contributed by atoms with Gasteiger partial charge < -0.3 is 15.0 Å². The van der Waals surface area contributed by atoms with Crippen molar-refractivity contribution in [1.82, 2.24) is 0 Å². The molecule has 0 aliphatic heterocycles. The van der Waals surface area contributed by atoms with E-state index in [0.29, 0.717) is 41.2 Å². The number of hydrogen-bond acceptors (Lipinski definition) is 3. The van der Waals surface area contributed by atoms with Gasteiger partial charge in [-0.2, -0.15) is 4.79 Å². The van der Waals surface area contributed by atoms with E-state index in [-0.39, 0.29) is 23.6 Å². The number of benzene rings is 3. The van der Waals surface area contributed by atoms with Gasteiger partial charge in [0.15, 0.2) is 0 Å². The lowest BCUT2D eigenvalue weighted by Crippen LogP contribution is -2.38. The van der Waals surface area contributed by atoms with Crippen molar-refractivity contribution in [2.24, 2.45) is 5.92 Å². The molecule has 1 aliphatic carbocycles. The summed E-state index contributed by atoms with van der Waals surface area (Å²) < 4.78 is 26.1. The number of ketones is 1. The molecule has 0 N–H and O–H groups in total. The number of rotatable bonds is 7. The highest BCUT2D eigenvalue weighted by Gasteiger charge is 2.36. The standard InChI is InChI=1S/C24H19FN2O3/c25-23-11-10-20(29-18-4-2-1-3-5-18)14-22(23)16-6-8-19(9-7-16)30-21-12-17(13-21)24(28)15-27-26/h1-11,14-15,17,21H,12-13H2/t17-,21-. The molecular weight excluding hydrogens is 383 g/mol. The Bertz CT molecular complexity index is 1090. The molecule has 1 saturated carbocycles. The molecule has 0 saturated heterocycles. The molecule has 0 atom stereocenters. The van der Waals surface area contributed by atoms with Crippen molar-refractivity contribution >= 4 is 12.0 Å². The summed E-state index contributed by atoms with van der Waals surface area (Å²) in [6.07, 6.45) is 2.04. The number of ether oxygens (including phenoxy) is 2. The zero-order valence-corrected chi connectivity index (χ0v) is 16.1. The molecule has 3 aromatic carbocycles. The van der Waals surface area contributed by atoms with Crippen LogP contribution in [0.15, 0.2) is 72.8 Å². The highest BCUT2D eigenvalue weighted by Crippen LogP contribution is 2.34. The third-order valence-electron chi connectivity index (χ3n) is 5.07. The smallest absolute Gasteiger partial charge is 0.323 e. The van der Waals surface area contributed by atoms with E-state index in [1.807, 2.05) is 30.3 Å². The minimum absolute atomic E-state index is 0.0590. The van der Waals surface area contributed by atoms with E-state index >= 15 is 0 Å². The third kappa shape index (κ3) is 4.45. The molecule has 0 radical (unpaired) electrons. The van der Waals surface area contributed by atoms with Crippen LogP contribution in [0.25, 0.3) is 16.7 Å². The Morgan fingerprint density at radius 1 is 0.967 bits per heavy atom. The maximum absolute atomic E-state index is 14.4. The monoisotopic (exact) mass is 402 g/mol. The van der Waals surface area contributed by atoms with Gasteiger partial charge in [0, 0.05) is 11.5 Å². The van der Waals surface area contributed by atoms with Crippen LogP contribution in [0.1, 0.15) is 12.8 Å². The summed E-state index contributed by atoms with van der Waals surface area (Å²) in [7, 11) is 0. The summed E-state index contributed by atoms with van der Waals surface area (Å²) >= 11 is 0. The molecule has 3 aromatic rings. The summed E-state index contributed by atoms with van der Waals surface area (Å²) in [5.74, 6) is 1.20. The normalized spacial score (nSPS) is 17.4. The number of para-hydroxylation sites is 1. The van der Waals surface area contributed by atoms with Crippen LogP contribution in [-0.2, 0) is 4.79 Å². The number of carbonyl (C=O) groups excluding carboxylic acids is 1. The predicted octanol–water partition coefficient (Wildman–Crippen LogP) is 5.31. The molecule has 150 valence electrons. The lowest BCUT2D eigenvalue weighted by Gasteiger charge is -2.32. The largest absolute Gasteiger partial charge is 0.490 e. The van der Waals surface area contributed by atoms with Crippen molar-refractivity contribution in [3.63, 3.8) is 0 Å². The van der Waals surface area contributed by atoms with Crippen molar-refractivity contribution in [2.45, 2.75) is 18.9 Å². The van der Waals surface area contributed by atoms with Crippen LogP contribution in [0, 0.1) is 11.7 Å². The molecule has 6 heteroatoms. The van der Waals surface area contributed by atoms with Gasteiger partial charge in [0.2, 0.25) is 5.78 Å². The van der Waals surface area contributed by atoms with E-state index < -0.39 is 0 Å². The first-order chi connectivity index (χ1) is 14.6. The number of Topliss-reactive ketones (excluding diaryl/α,β-unsaturated/α-hetero) is 1. The summed E-state index contributed by atoms with van der Waals surface area (Å²) in [5, 5.41) is 0. The van der Waals surface area contributed by atoms with Crippen LogP contribution in [0.4, 0.5) is 4.39 Å². The van der Waals surface area contributed by atoms with Crippen LogP contribution in [0.5, 0.6) is 17.2 Å². The molecule has 1 fully saturated rings. The first-order valence-electron chi connectivity index (χ1n) is 9.63. The van der Waals surface area contributed by atoms with Crippen LogP contribution in [-0.4, -0.2) is 22.9 Å². The molecule has 0 aromatic heterocycles. The van der Waals surface area contributed by atoms with E-state index in [0.717, 1.165) is 6.21 Å². The lowest BCUT2D eigenvalue weighted by molar-refractivity contribution is -0.124. The summed E-state index contributed by atoms with van der Waals surface area (Å²) in [6.45, 7) is 0. The molecule has 4 rings (SSSR count). The third-order valence-corrected chi connectivity index (χ3v) is 5.07. The summed E-state index contributed by atoms with van der Waals surface area (Å²) in [4.78, 5) is 14.4. The summed E-state index contributed by atoms with van der Waals surface area (Å²) in [5.41, 5.74) is 9.56. The average Bonchev–Trinajstić information content (AvgIpc) is 2.73. The minimum Gasteiger partial charge on any atom is -0.490 e. The molecule has 1 aliphatic rings. The second kappa shape index (κ2) is 8.72. The van der Waals surface area contributed by atoms with Gasteiger partial charge in [-0.15, -0.1) is 0 Å². The van der Waals surface area contributed by atoms with E-state index in [1.165, 1.54) is 6.07 Å². The quantitative estimate of drug-likeness (QED) is 0.305. The van der Waals surface area contributed by atoms with E-state index in [2.05, 4.69) is 4.79 Å². The molecule has 0 amide bonds. The SMILES string of the molecule is [N-]=[N+]=CC(=O)[C@H]1C[C@H](Oc2ccc(-c3cc(Oc4ccccc4)ccc3F)cc2)C1. The average molecular weight is 402 g/mol. The molecule has 0 unspecified atom stereocenters.